The summed E-state index contributed by atoms with van der Waals surface area (Å²) in [6.07, 6.45) is -3.72. The first kappa shape index (κ1) is 36.2. The lowest BCUT2D eigenvalue weighted by Crippen LogP contribution is -2.40. The molecule has 3 aliphatic rings. The minimum Gasteiger partial charge on any atom is -0.433 e. The van der Waals surface area contributed by atoms with E-state index in [0.29, 0.717) is 17.7 Å². The third-order valence-corrected chi connectivity index (χ3v) is 11.5. The number of fused-ring (bicyclic) bond motifs is 4. The summed E-state index contributed by atoms with van der Waals surface area (Å²) in [5, 5.41) is 2.85. The molecule has 0 spiro atoms. The molecule has 3 aliphatic heterocycles. The van der Waals surface area contributed by atoms with E-state index in [1.54, 1.807) is 18.5 Å². The average molecular weight is 790 g/mol. The van der Waals surface area contributed by atoms with Crippen LogP contribution >= 0.6 is 25.8 Å². The maximum Gasteiger partial charge on any atom is 0.508 e. The number of carbonyl (C=O) groups excluding carboxylic acids is 1. The number of anilines is 2. The Hall–Kier alpha value is -3.12. The summed E-state index contributed by atoms with van der Waals surface area (Å²) >= 11 is 9.68. The topological polar surface area (TPSA) is 279 Å². The first-order chi connectivity index (χ1) is 24.4. The predicted molar refractivity (Wildman–Crippen MR) is 181 cm³/mol. The molecule has 276 valence electrons. The van der Waals surface area contributed by atoms with Crippen LogP contribution in [0.3, 0.4) is 0 Å². The monoisotopic (exact) mass is 789 g/mol. The summed E-state index contributed by atoms with van der Waals surface area (Å²) in [5.41, 5.74) is 13.2. The smallest absolute Gasteiger partial charge is 0.433 e. The molecule has 22 nitrogen and oxygen atoms in total. The van der Waals surface area contributed by atoms with E-state index in [1.165, 1.54) is 29.9 Å². The molecule has 51 heavy (non-hydrogen) atoms. The van der Waals surface area contributed by atoms with E-state index in [4.69, 9.17) is 60.3 Å². The zero-order valence-electron chi connectivity index (χ0n) is 26.8. The molecule has 3 saturated heterocycles. The highest BCUT2D eigenvalue weighted by Crippen LogP contribution is 2.59. The third kappa shape index (κ3) is 7.28. The molecule has 0 radical (unpaired) electrons. The molecule has 0 saturated carbocycles. The standard InChI is InChI=1S/C25H33N11O11P2S2/c1-11-16-12(43-23(11)35-9-33-14-19(26)29-7-31-21(14)35)5-41-49(39,51)47-17-13(6-42-48(38,50)46-16)44-24(18(17)45-25(37)40-4-3-28-2)36-10-34-15-20(27)30-8-32-22(15)36/h7-13,16-18,23-24,28H,3-6H2,1-2H3,(H,38,50)(H,39,51)(H2,26,29,31)(H2,27,30,32)/t11-,12-,13?,16+,17-,18-,23-,24-,48?,49?/m1/s1. The molecule has 0 amide bonds. The van der Waals surface area contributed by atoms with Crippen LogP contribution in [0.1, 0.15) is 19.4 Å². The lowest BCUT2D eigenvalue weighted by atomic mass is 10.0. The fourth-order valence-corrected chi connectivity index (χ4v) is 9.01. The molecule has 3 fully saturated rings. The van der Waals surface area contributed by atoms with Gasteiger partial charge in [-0.2, -0.15) is 0 Å². The van der Waals surface area contributed by atoms with E-state index in [9.17, 15) is 14.3 Å². The second-order valence-electron chi connectivity index (χ2n) is 11.6. The van der Waals surface area contributed by atoms with Crippen molar-refractivity contribution >= 4 is 77.7 Å². The van der Waals surface area contributed by atoms with Crippen molar-refractivity contribution < 1.29 is 51.3 Å². The molecule has 4 aromatic rings. The number of nitrogens with two attached hydrogens (primary N) is 2. The molecule has 3 unspecified atom stereocenters. The quantitative estimate of drug-likeness (QED) is 0.0790. The average Bonchev–Trinajstić information content (AvgIpc) is 3.85. The number of rotatable bonds is 6. The third-order valence-electron chi connectivity index (χ3n) is 8.37. The largest absolute Gasteiger partial charge is 0.508 e. The van der Waals surface area contributed by atoms with Gasteiger partial charge in [0.15, 0.2) is 35.3 Å². The van der Waals surface area contributed by atoms with Crippen molar-refractivity contribution in [3.63, 3.8) is 0 Å². The fourth-order valence-electron chi connectivity index (χ4n) is 6.01. The zero-order chi connectivity index (χ0) is 36.1. The van der Waals surface area contributed by atoms with Gasteiger partial charge in [-0.15, -0.1) is 0 Å². The molecule has 0 bridgehead atoms. The van der Waals surface area contributed by atoms with E-state index < -0.39 is 81.8 Å². The molecule has 6 N–H and O–H groups in total. The first-order valence-corrected chi connectivity index (χ1v) is 20.6. The van der Waals surface area contributed by atoms with Crippen molar-refractivity contribution in [1.82, 2.24) is 44.4 Å². The highest BCUT2D eigenvalue weighted by Gasteiger charge is 2.54. The Bertz CT molecular complexity index is 2030. The highest BCUT2D eigenvalue weighted by atomic mass is 32.7. The Morgan fingerprint density at radius 1 is 0.980 bits per heavy atom. The molecule has 7 rings (SSSR count). The predicted octanol–water partition coefficient (Wildman–Crippen LogP) is 1.07. The number of carbonyl (C=O) groups is 1. The molecule has 10 atom stereocenters. The number of nitrogens with one attached hydrogen (secondary N) is 1. The van der Waals surface area contributed by atoms with Crippen molar-refractivity contribution in [3.05, 3.63) is 25.3 Å². The molecule has 26 heteroatoms. The van der Waals surface area contributed by atoms with Crippen molar-refractivity contribution in [2.24, 2.45) is 5.92 Å². The number of nitrogens with zero attached hydrogens (tertiary/aromatic N) is 8. The minimum absolute atomic E-state index is 0.0260. The van der Waals surface area contributed by atoms with Crippen LogP contribution in [0, 0.1) is 5.92 Å². The summed E-state index contributed by atoms with van der Waals surface area (Å²) in [5.74, 6) is -0.279. The van der Waals surface area contributed by atoms with Gasteiger partial charge < -0.3 is 45.1 Å². The summed E-state index contributed by atoms with van der Waals surface area (Å²) in [7, 11) is 1.68. The van der Waals surface area contributed by atoms with Gasteiger partial charge in [0.25, 0.3) is 0 Å². The van der Waals surface area contributed by atoms with Gasteiger partial charge in [-0.3, -0.25) is 22.7 Å². The number of imidazole rings is 2. The van der Waals surface area contributed by atoms with Crippen LogP contribution in [0.5, 0.6) is 0 Å². The van der Waals surface area contributed by atoms with Crippen LogP contribution < -0.4 is 16.8 Å². The lowest BCUT2D eigenvalue weighted by Gasteiger charge is -2.30. The van der Waals surface area contributed by atoms with E-state index >= 15 is 0 Å². The van der Waals surface area contributed by atoms with Crippen LogP contribution in [-0.4, -0.2) is 114 Å². The van der Waals surface area contributed by atoms with E-state index in [2.05, 4.69) is 47.5 Å². The van der Waals surface area contributed by atoms with Crippen LogP contribution in [0.2, 0.25) is 0 Å². The number of nitrogen functional groups attached to an aromatic ring is 2. The SMILES string of the molecule is CNCCOC(=O)O[C@@H]1[C@@H]2OP(O)(=S)OC[C@H]3O[C@@H](n4cnc5c(N)ncnc54)[C@H](C)[C@@H]3OP(=O)(S)OCC2O[C@H]1n1cnc2c(N)ncnc21. The number of hydrogen-bond donors (Lipinski definition) is 5. The van der Waals surface area contributed by atoms with Gasteiger partial charge in [-0.05, 0) is 18.9 Å². The number of thiol groups is 1. The maximum absolute atomic E-state index is 13.8. The van der Waals surface area contributed by atoms with Gasteiger partial charge >= 0.3 is 19.7 Å². The van der Waals surface area contributed by atoms with E-state index in [1.807, 2.05) is 0 Å². The summed E-state index contributed by atoms with van der Waals surface area (Å²) in [4.78, 5) is 49.3. The van der Waals surface area contributed by atoms with Crippen LogP contribution in [0.25, 0.3) is 22.3 Å². The highest BCUT2D eigenvalue weighted by molar-refractivity contribution is 8.44. The van der Waals surface area contributed by atoms with Crippen molar-refractivity contribution in [2.45, 2.75) is 49.9 Å². The normalized spacial score (nSPS) is 34.4. The van der Waals surface area contributed by atoms with Crippen molar-refractivity contribution in [3.8, 4) is 0 Å². The summed E-state index contributed by atoms with van der Waals surface area (Å²) in [6, 6.07) is 0. The van der Waals surface area contributed by atoms with Gasteiger partial charge in [0, 0.05) is 12.5 Å². The van der Waals surface area contributed by atoms with Gasteiger partial charge in [0.05, 0.1) is 25.9 Å². The Labute approximate surface area is 298 Å². The second kappa shape index (κ2) is 14.4. The first-order valence-electron chi connectivity index (χ1n) is 15.3. The number of likely N-dealkylation sites (N-methyl/N-ethyl adjacent to an activating group) is 1. The Morgan fingerprint density at radius 3 is 2.22 bits per heavy atom. The van der Waals surface area contributed by atoms with Crippen LogP contribution in [-0.2, 0) is 53.4 Å². The lowest BCUT2D eigenvalue weighted by molar-refractivity contribution is -0.0620. The van der Waals surface area contributed by atoms with Gasteiger partial charge in [0.2, 0.25) is 0 Å². The number of hydrogen-bond acceptors (Lipinski definition) is 20. The van der Waals surface area contributed by atoms with E-state index in [-0.39, 0.29) is 29.4 Å². The molecule has 0 aliphatic carbocycles. The summed E-state index contributed by atoms with van der Waals surface area (Å²) < 4.78 is 63.9. The molecule has 4 aromatic heterocycles. The second-order valence-corrected chi connectivity index (χ2v) is 17.3. The van der Waals surface area contributed by atoms with Crippen LogP contribution in [0.15, 0.2) is 25.3 Å². The number of ether oxygens (including phenoxy) is 4. The van der Waals surface area contributed by atoms with Crippen LogP contribution in [0.4, 0.5) is 16.4 Å². The van der Waals surface area contributed by atoms with Crippen molar-refractivity contribution in [1.29, 1.82) is 0 Å². The van der Waals surface area contributed by atoms with Gasteiger partial charge in [-0.25, -0.2) is 39.3 Å². The minimum atomic E-state index is -4.20. The zero-order valence-corrected chi connectivity index (χ0v) is 30.3. The molecule has 7 heterocycles. The Morgan fingerprint density at radius 2 is 1.57 bits per heavy atom. The molecule has 0 aromatic carbocycles. The van der Waals surface area contributed by atoms with Gasteiger partial charge in [-0.1, -0.05) is 19.2 Å². The Balaban J connectivity index is 1.19. The summed E-state index contributed by atoms with van der Waals surface area (Å²) in [6.45, 7) is -7.20. The fraction of sp³-hybridized carbons (Fsp3) is 0.560. The number of aromatic nitrogens is 8. The Kier molecular flexibility index (Phi) is 10.2. The van der Waals surface area contributed by atoms with Gasteiger partial charge in [0.1, 0.15) is 60.9 Å². The van der Waals surface area contributed by atoms with E-state index in [0.717, 1.165) is 0 Å². The van der Waals surface area contributed by atoms with Crippen molar-refractivity contribution in [2.75, 3.05) is 44.9 Å². The molecular weight excluding hydrogens is 756 g/mol. The molecular formula is C25H33N11O11P2S2. The maximum atomic E-state index is 13.8.